The lowest BCUT2D eigenvalue weighted by molar-refractivity contribution is 0.972. The van der Waals surface area contributed by atoms with Gasteiger partial charge in [0.05, 0.1) is 39.7 Å². The van der Waals surface area contributed by atoms with Crippen LogP contribution in [0.25, 0.3) is 22.5 Å². The number of halogens is 1. The van der Waals surface area contributed by atoms with E-state index in [0.717, 1.165) is 44.1 Å². The molecule has 0 aliphatic carbocycles. The van der Waals surface area contributed by atoms with Gasteiger partial charge in [0.25, 0.3) is 0 Å². The number of aromatic amines is 1. The van der Waals surface area contributed by atoms with E-state index in [0.29, 0.717) is 12.1 Å². The summed E-state index contributed by atoms with van der Waals surface area (Å²) >= 11 is 3.62. The molecule has 0 unspecified atom stereocenters. The molecule has 142 valence electrons. The summed E-state index contributed by atoms with van der Waals surface area (Å²) in [5.74, 6) is 0.751. The van der Waals surface area contributed by atoms with Crippen LogP contribution in [0.3, 0.4) is 0 Å². The van der Waals surface area contributed by atoms with Gasteiger partial charge in [0.15, 0.2) is 0 Å². The Hall–Kier alpha value is -3.50. The summed E-state index contributed by atoms with van der Waals surface area (Å²) in [6, 6.07) is 17.6. The van der Waals surface area contributed by atoms with E-state index in [1.807, 2.05) is 55.5 Å². The summed E-state index contributed by atoms with van der Waals surface area (Å²) in [6.45, 7) is 2.51. The number of aromatic nitrogens is 4. The van der Waals surface area contributed by atoms with Crippen molar-refractivity contribution in [2.24, 2.45) is 0 Å². The van der Waals surface area contributed by atoms with Crippen molar-refractivity contribution in [3.63, 3.8) is 0 Å². The molecular formula is C22H17BrN6. The maximum Gasteiger partial charge on any atom is 0.126 e. The largest absolute Gasteiger partial charge is 0.364 e. The summed E-state index contributed by atoms with van der Waals surface area (Å²) in [6.07, 6.45) is 3.52. The van der Waals surface area contributed by atoms with Crippen LogP contribution in [-0.4, -0.2) is 20.2 Å². The van der Waals surface area contributed by atoms with E-state index in [2.05, 4.69) is 47.5 Å². The zero-order valence-corrected chi connectivity index (χ0v) is 17.2. The van der Waals surface area contributed by atoms with Crippen LogP contribution in [0, 0.1) is 18.3 Å². The minimum Gasteiger partial charge on any atom is -0.364 e. The number of benzene rings is 1. The molecule has 0 spiro atoms. The highest BCUT2D eigenvalue weighted by Crippen LogP contribution is 2.29. The van der Waals surface area contributed by atoms with Gasteiger partial charge in [-0.1, -0.05) is 12.1 Å². The van der Waals surface area contributed by atoms with Gasteiger partial charge in [-0.15, -0.1) is 0 Å². The second-order valence-electron chi connectivity index (χ2n) is 6.50. The predicted octanol–water partition coefficient (Wildman–Crippen LogP) is 5.09. The molecule has 1 aromatic carbocycles. The van der Waals surface area contributed by atoms with Crippen LogP contribution >= 0.6 is 15.9 Å². The van der Waals surface area contributed by atoms with Gasteiger partial charge in [-0.05, 0) is 75.9 Å². The third-order valence-electron chi connectivity index (χ3n) is 4.56. The first kappa shape index (κ1) is 18.8. The van der Waals surface area contributed by atoms with E-state index in [4.69, 9.17) is 5.26 Å². The monoisotopic (exact) mass is 444 g/mol. The molecule has 3 aromatic heterocycles. The van der Waals surface area contributed by atoms with E-state index < -0.39 is 0 Å². The summed E-state index contributed by atoms with van der Waals surface area (Å²) in [4.78, 5) is 8.76. The molecule has 0 saturated carbocycles. The van der Waals surface area contributed by atoms with Crippen molar-refractivity contribution in [2.45, 2.75) is 13.5 Å². The zero-order chi connectivity index (χ0) is 20.2. The van der Waals surface area contributed by atoms with Crippen LogP contribution in [-0.2, 0) is 6.54 Å². The highest BCUT2D eigenvalue weighted by atomic mass is 79.9. The van der Waals surface area contributed by atoms with E-state index in [9.17, 15) is 0 Å². The second kappa shape index (κ2) is 8.25. The van der Waals surface area contributed by atoms with Gasteiger partial charge in [0.2, 0.25) is 0 Å². The number of nitriles is 1. The van der Waals surface area contributed by atoms with Crippen LogP contribution < -0.4 is 5.32 Å². The Labute approximate surface area is 176 Å². The van der Waals surface area contributed by atoms with Gasteiger partial charge >= 0.3 is 0 Å². The van der Waals surface area contributed by atoms with Crippen molar-refractivity contribution in [3.05, 3.63) is 82.2 Å². The molecule has 7 heteroatoms. The predicted molar refractivity (Wildman–Crippen MR) is 116 cm³/mol. The van der Waals surface area contributed by atoms with Gasteiger partial charge in [0.1, 0.15) is 5.82 Å². The highest BCUT2D eigenvalue weighted by molar-refractivity contribution is 9.10. The molecule has 6 nitrogen and oxygen atoms in total. The fourth-order valence-electron chi connectivity index (χ4n) is 3.09. The lowest BCUT2D eigenvalue weighted by atomic mass is 9.99. The van der Waals surface area contributed by atoms with Crippen LogP contribution in [0.1, 0.15) is 16.8 Å². The Morgan fingerprint density at radius 3 is 2.76 bits per heavy atom. The Bertz CT molecular complexity index is 1190. The molecule has 29 heavy (non-hydrogen) atoms. The van der Waals surface area contributed by atoms with Crippen LogP contribution in [0.4, 0.5) is 5.82 Å². The summed E-state index contributed by atoms with van der Waals surface area (Å²) in [5.41, 5.74) is 6.34. The van der Waals surface area contributed by atoms with Crippen molar-refractivity contribution < 1.29 is 0 Å². The van der Waals surface area contributed by atoms with Crippen molar-refractivity contribution in [2.75, 3.05) is 5.32 Å². The quantitative estimate of drug-likeness (QED) is 0.447. The molecule has 0 radical (unpaired) electrons. The standard InChI is InChI=1S/C22H17BrN6/c1-14-10-15(12-24)5-6-17(14)16-7-9-26-20(11-16)27-13-19-21(23)22(29-28-19)18-4-2-3-8-25-18/h2-11H,13H2,1H3,(H,26,27)(H,28,29). The number of aryl methyl sites for hydroxylation is 1. The van der Waals surface area contributed by atoms with Gasteiger partial charge in [-0.25, -0.2) is 4.98 Å². The Balaban J connectivity index is 1.53. The third kappa shape index (κ3) is 4.03. The van der Waals surface area contributed by atoms with Crippen LogP contribution in [0.5, 0.6) is 0 Å². The molecule has 0 atom stereocenters. The number of rotatable bonds is 5. The fraction of sp³-hybridized carbons (Fsp3) is 0.0909. The molecule has 0 aliphatic rings. The molecule has 2 N–H and O–H groups in total. The lowest BCUT2D eigenvalue weighted by Crippen LogP contribution is -2.02. The first-order valence-corrected chi connectivity index (χ1v) is 9.80. The second-order valence-corrected chi connectivity index (χ2v) is 7.29. The van der Waals surface area contributed by atoms with Crippen LogP contribution in [0.2, 0.25) is 0 Å². The molecule has 0 bridgehead atoms. The zero-order valence-electron chi connectivity index (χ0n) is 15.6. The number of anilines is 1. The summed E-state index contributed by atoms with van der Waals surface area (Å²) in [7, 11) is 0. The topological polar surface area (TPSA) is 90.3 Å². The Morgan fingerprint density at radius 2 is 2.00 bits per heavy atom. The summed E-state index contributed by atoms with van der Waals surface area (Å²) in [5, 5.41) is 19.8. The SMILES string of the molecule is Cc1cc(C#N)ccc1-c1ccnc(NCc2n[nH]c(-c3ccccn3)c2Br)c1. The number of pyridine rings is 2. The molecule has 0 saturated heterocycles. The van der Waals surface area contributed by atoms with E-state index in [-0.39, 0.29) is 0 Å². The van der Waals surface area contributed by atoms with Gasteiger partial charge in [0, 0.05) is 12.4 Å². The Kier molecular flexibility index (Phi) is 5.36. The first-order chi connectivity index (χ1) is 14.2. The number of hydrogen-bond donors (Lipinski definition) is 2. The van der Waals surface area contributed by atoms with Crippen molar-refractivity contribution in [1.29, 1.82) is 5.26 Å². The van der Waals surface area contributed by atoms with Gasteiger partial charge in [-0.2, -0.15) is 10.4 Å². The number of hydrogen-bond acceptors (Lipinski definition) is 5. The van der Waals surface area contributed by atoms with Gasteiger partial charge in [-0.3, -0.25) is 10.1 Å². The van der Waals surface area contributed by atoms with Crippen molar-refractivity contribution in [3.8, 4) is 28.6 Å². The molecule has 3 heterocycles. The smallest absolute Gasteiger partial charge is 0.126 e. The molecule has 0 amide bonds. The average Bonchev–Trinajstić information content (AvgIpc) is 3.13. The molecular weight excluding hydrogens is 428 g/mol. The minimum atomic E-state index is 0.507. The van der Waals surface area contributed by atoms with E-state index in [1.165, 1.54) is 0 Å². The van der Waals surface area contributed by atoms with Gasteiger partial charge < -0.3 is 5.32 Å². The number of H-pyrrole nitrogens is 1. The third-order valence-corrected chi connectivity index (χ3v) is 5.41. The number of nitrogens with one attached hydrogen (secondary N) is 2. The van der Waals surface area contributed by atoms with E-state index >= 15 is 0 Å². The van der Waals surface area contributed by atoms with Crippen LogP contribution in [0.15, 0.2) is 65.4 Å². The molecule has 4 aromatic rings. The molecule has 0 fully saturated rings. The lowest BCUT2D eigenvalue weighted by Gasteiger charge is -2.09. The highest BCUT2D eigenvalue weighted by Gasteiger charge is 2.13. The average molecular weight is 445 g/mol. The molecule has 0 aliphatic heterocycles. The summed E-state index contributed by atoms with van der Waals surface area (Å²) < 4.78 is 0.878. The molecule has 4 rings (SSSR count). The maximum atomic E-state index is 9.06. The fourth-order valence-corrected chi connectivity index (χ4v) is 3.61. The number of nitrogens with zero attached hydrogens (tertiary/aromatic N) is 4. The normalized spacial score (nSPS) is 10.5. The maximum absolute atomic E-state index is 9.06. The Morgan fingerprint density at radius 1 is 1.10 bits per heavy atom. The van der Waals surface area contributed by atoms with Crippen molar-refractivity contribution in [1.82, 2.24) is 20.2 Å². The van der Waals surface area contributed by atoms with Crippen molar-refractivity contribution >= 4 is 21.7 Å². The minimum absolute atomic E-state index is 0.507. The first-order valence-electron chi connectivity index (χ1n) is 9.01. The van der Waals surface area contributed by atoms with E-state index in [1.54, 1.807) is 12.4 Å².